The average Bonchev–Trinajstić information content (AvgIpc) is 3.60. The third-order valence-corrected chi connectivity index (χ3v) is 10.4. The number of allylic oxidation sites excluding steroid dienone is 3. The number of hydrogen-bond acceptors (Lipinski definition) is 3. The maximum absolute atomic E-state index is 5.20. The molecule has 0 saturated heterocycles. The second-order valence-electron chi connectivity index (χ2n) is 14.1. The van der Waals surface area contributed by atoms with E-state index in [1.54, 1.807) is 0 Å². The van der Waals surface area contributed by atoms with Crippen molar-refractivity contribution in [1.29, 1.82) is 0 Å². The molecule has 0 bridgehead atoms. The lowest BCUT2D eigenvalue weighted by Gasteiger charge is -2.16. The first kappa shape index (κ1) is 33.1. The summed E-state index contributed by atoms with van der Waals surface area (Å²) in [6.07, 6.45) is 9.18. The van der Waals surface area contributed by atoms with E-state index in [9.17, 15) is 0 Å². The molecule has 0 aliphatic heterocycles. The molecular formula is C51H39N3. The second kappa shape index (κ2) is 14.0. The summed E-state index contributed by atoms with van der Waals surface area (Å²) in [7, 11) is 0. The quantitative estimate of drug-likeness (QED) is 0.156. The first-order valence-corrected chi connectivity index (χ1v) is 18.6. The summed E-state index contributed by atoms with van der Waals surface area (Å²) in [5.41, 5.74) is 16.4. The molecule has 0 spiro atoms. The number of aryl methyl sites for hydroxylation is 2. The van der Waals surface area contributed by atoms with Gasteiger partial charge in [0, 0.05) is 16.7 Å². The Labute approximate surface area is 317 Å². The first-order chi connectivity index (χ1) is 26.5. The fraction of sp³-hybridized carbons (Fsp3) is 0.0784. The van der Waals surface area contributed by atoms with Crippen molar-refractivity contribution in [2.75, 3.05) is 0 Å². The van der Waals surface area contributed by atoms with E-state index in [2.05, 4.69) is 184 Å². The van der Waals surface area contributed by atoms with Gasteiger partial charge in [-0.25, -0.2) is 15.0 Å². The Bertz CT molecular complexity index is 2680. The second-order valence-corrected chi connectivity index (χ2v) is 14.1. The molecule has 0 saturated carbocycles. The summed E-state index contributed by atoms with van der Waals surface area (Å²) in [6.45, 7) is 6.24. The average molecular weight is 694 g/mol. The number of nitrogens with zero attached hydrogens (tertiary/aromatic N) is 3. The lowest BCUT2D eigenvalue weighted by atomic mass is 9.89. The van der Waals surface area contributed by atoms with Crippen molar-refractivity contribution in [1.82, 2.24) is 15.0 Å². The van der Waals surface area contributed by atoms with Crippen LogP contribution in [0.25, 0.3) is 84.4 Å². The van der Waals surface area contributed by atoms with Crippen molar-refractivity contribution >= 4 is 16.8 Å². The molecule has 0 N–H and O–H groups in total. The summed E-state index contributed by atoms with van der Waals surface area (Å²) in [5.74, 6) is 2.02. The molecule has 1 aliphatic carbocycles. The van der Waals surface area contributed by atoms with Crippen LogP contribution in [0.5, 0.6) is 0 Å². The zero-order valence-corrected chi connectivity index (χ0v) is 30.7. The fourth-order valence-corrected chi connectivity index (χ4v) is 7.66. The number of hydrogen-bond donors (Lipinski definition) is 0. The fourth-order valence-electron chi connectivity index (χ4n) is 7.66. The largest absolute Gasteiger partial charge is 0.208 e. The smallest absolute Gasteiger partial charge is 0.164 e. The van der Waals surface area contributed by atoms with E-state index in [0.29, 0.717) is 17.5 Å². The standard InChI is InChI=1S/C51H39N3/c1-4-5-6-11-35-22-27-45-41(30-35)32-47-46(51-53-49(37-23-18-33(2)19-24-37)52-50(54-51)38-25-20-34(3)21-26-38)29-28-44(48(45)47)40-15-9-14-39(31-40)43-17-10-13-36-12-7-8-16-42(36)43/h4-31H,32H2,1-3H3/b5-4-,11-6-. The van der Waals surface area contributed by atoms with Crippen LogP contribution in [0.2, 0.25) is 0 Å². The van der Waals surface area contributed by atoms with Gasteiger partial charge >= 0.3 is 0 Å². The third kappa shape index (κ3) is 6.24. The lowest BCUT2D eigenvalue weighted by Crippen LogP contribution is -2.02. The Hall–Kier alpha value is -6.71. The van der Waals surface area contributed by atoms with Gasteiger partial charge in [0.25, 0.3) is 0 Å². The van der Waals surface area contributed by atoms with Crippen molar-refractivity contribution in [3.05, 3.63) is 192 Å². The topological polar surface area (TPSA) is 38.7 Å². The zero-order valence-electron chi connectivity index (χ0n) is 30.7. The molecule has 9 rings (SSSR count). The highest BCUT2D eigenvalue weighted by molar-refractivity contribution is 5.99. The molecule has 7 aromatic carbocycles. The van der Waals surface area contributed by atoms with E-state index in [1.807, 2.05) is 6.92 Å². The Balaban J connectivity index is 1.24. The summed E-state index contributed by atoms with van der Waals surface area (Å²) in [6, 6.07) is 52.4. The van der Waals surface area contributed by atoms with Crippen molar-refractivity contribution in [3.8, 4) is 67.5 Å². The van der Waals surface area contributed by atoms with Gasteiger partial charge in [-0.05, 0) is 94.1 Å². The highest BCUT2D eigenvalue weighted by Gasteiger charge is 2.27. The Morgan fingerprint density at radius 3 is 1.81 bits per heavy atom. The molecule has 1 aliphatic rings. The molecule has 0 amide bonds. The molecule has 1 aromatic heterocycles. The number of rotatable bonds is 7. The van der Waals surface area contributed by atoms with E-state index in [-0.39, 0.29) is 0 Å². The highest BCUT2D eigenvalue weighted by atomic mass is 15.0. The molecule has 3 heteroatoms. The van der Waals surface area contributed by atoms with Gasteiger partial charge in [-0.2, -0.15) is 0 Å². The van der Waals surface area contributed by atoms with Crippen LogP contribution in [-0.2, 0) is 6.42 Å². The van der Waals surface area contributed by atoms with Gasteiger partial charge in [0.05, 0.1) is 0 Å². The van der Waals surface area contributed by atoms with E-state index >= 15 is 0 Å². The van der Waals surface area contributed by atoms with Crippen LogP contribution in [0.4, 0.5) is 0 Å². The van der Waals surface area contributed by atoms with Gasteiger partial charge in [-0.3, -0.25) is 0 Å². The lowest BCUT2D eigenvalue weighted by molar-refractivity contribution is 1.07. The van der Waals surface area contributed by atoms with E-state index in [1.165, 1.54) is 72.0 Å². The van der Waals surface area contributed by atoms with Gasteiger partial charge < -0.3 is 0 Å². The number of fused-ring (bicyclic) bond motifs is 4. The maximum atomic E-state index is 5.20. The summed E-state index contributed by atoms with van der Waals surface area (Å²) in [4.78, 5) is 15.4. The van der Waals surface area contributed by atoms with E-state index in [0.717, 1.165) is 23.1 Å². The van der Waals surface area contributed by atoms with Crippen LogP contribution in [0, 0.1) is 13.8 Å². The van der Waals surface area contributed by atoms with Crippen molar-refractivity contribution in [3.63, 3.8) is 0 Å². The minimum absolute atomic E-state index is 0.670. The zero-order chi connectivity index (χ0) is 36.6. The molecular weight excluding hydrogens is 655 g/mol. The molecule has 8 aromatic rings. The Morgan fingerprint density at radius 2 is 1.09 bits per heavy atom. The van der Waals surface area contributed by atoms with Crippen LogP contribution in [0.3, 0.4) is 0 Å². The minimum Gasteiger partial charge on any atom is -0.208 e. The third-order valence-electron chi connectivity index (χ3n) is 10.4. The maximum Gasteiger partial charge on any atom is 0.164 e. The van der Waals surface area contributed by atoms with Crippen molar-refractivity contribution < 1.29 is 0 Å². The molecule has 3 nitrogen and oxygen atoms in total. The molecule has 0 atom stereocenters. The van der Waals surface area contributed by atoms with Crippen LogP contribution < -0.4 is 0 Å². The van der Waals surface area contributed by atoms with Gasteiger partial charge in [-0.15, -0.1) is 0 Å². The minimum atomic E-state index is 0.670. The molecule has 54 heavy (non-hydrogen) atoms. The van der Waals surface area contributed by atoms with E-state index in [4.69, 9.17) is 15.0 Å². The Morgan fingerprint density at radius 1 is 0.481 bits per heavy atom. The first-order valence-electron chi connectivity index (χ1n) is 18.6. The molecule has 1 heterocycles. The van der Waals surface area contributed by atoms with Gasteiger partial charge in [-0.1, -0.05) is 175 Å². The highest BCUT2D eigenvalue weighted by Crippen LogP contribution is 2.47. The summed E-state index contributed by atoms with van der Waals surface area (Å²) in [5, 5.41) is 2.50. The monoisotopic (exact) mass is 693 g/mol. The van der Waals surface area contributed by atoms with Crippen molar-refractivity contribution in [2.45, 2.75) is 27.2 Å². The van der Waals surface area contributed by atoms with Gasteiger partial charge in [0.2, 0.25) is 0 Å². The van der Waals surface area contributed by atoms with E-state index < -0.39 is 0 Å². The van der Waals surface area contributed by atoms with Crippen LogP contribution in [-0.4, -0.2) is 15.0 Å². The molecule has 258 valence electrons. The van der Waals surface area contributed by atoms with Crippen LogP contribution >= 0.6 is 0 Å². The molecule has 0 unspecified atom stereocenters. The summed E-state index contributed by atoms with van der Waals surface area (Å²) < 4.78 is 0. The molecule has 0 radical (unpaired) electrons. The number of aromatic nitrogens is 3. The van der Waals surface area contributed by atoms with Crippen molar-refractivity contribution in [2.24, 2.45) is 0 Å². The predicted octanol–water partition coefficient (Wildman–Crippen LogP) is 13.1. The molecule has 0 fully saturated rings. The van der Waals surface area contributed by atoms with Gasteiger partial charge in [0.1, 0.15) is 0 Å². The van der Waals surface area contributed by atoms with Crippen LogP contribution in [0.15, 0.2) is 164 Å². The normalized spacial score (nSPS) is 12.1. The predicted molar refractivity (Wildman–Crippen MR) is 226 cm³/mol. The SMILES string of the molecule is C/C=C\C=C/c1ccc2c(c1)Cc1c(-c3nc(-c4ccc(C)cc4)nc(-c4ccc(C)cc4)n3)ccc(-c3cccc(-c4cccc5ccccc45)c3)c1-2. The van der Waals surface area contributed by atoms with Crippen LogP contribution in [0.1, 0.15) is 34.7 Å². The number of benzene rings is 7. The summed E-state index contributed by atoms with van der Waals surface area (Å²) >= 11 is 0. The van der Waals surface area contributed by atoms with Gasteiger partial charge in [0.15, 0.2) is 17.5 Å². The Kier molecular flexibility index (Phi) is 8.61.